The van der Waals surface area contributed by atoms with Crippen molar-refractivity contribution in [3.63, 3.8) is 0 Å². The Bertz CT molecular complexity index is 406. The summed E-state index contributed by atoms with van der Waals surface area (Å²) < 4.78 is 25.3. The number of hydrogen-bond donors (Lipinski definition) is 1. The van der Waals surface area contributed by atoms with Gasteiger partial charge in [-0.3, -0.25) is 9.48 Å². The maximum atomic E-state index is 12.1. The lowest BCUT2D eigenvalue weighted by molar-refractivity contribution is -0.125. The molecule has 0 bridgehead atoms. The number of carbonyl (C=O) groups is 1. The molecule has 1 aromatic rings. The molecule has 88 valence electrons. The van der Waals surface area contributed by atoms with Gasteiger partial charge in [0.1, 0.15) is 12.6 Å². The molecule has 1 aliphatic heterocycles. The fourth-order valence-electron chi connectivity index (χ4n) is 1.73. The second-order valence-electron chi connectivity index (χ2n) is 3.79. The van der Waals surface area contributed by atoms with Gasteiger partial charge in [-0.2, -0.15) is 5.10 Å². The van der Waals surface area contributed by atoms with Crippen LogP contribution in [0.4, 0.5) is 14.5 Å². The van der Waals surface area contributed by atoms with Crippen LogP contribution in [0.25, 0.3) is 0 Å². The lowest BCUT2D eigenvalue weighted by atomic mass is 9.97. The summed E-state index contributed by atoms with van der Waals surface area (Å²) in [5.74, 6) is -0.205. The Morgan fingerprint density at radius 3 is 2.88 bits per heavy atom. The molecule has 0 spiro atoms. The van der Waals surface area contributed by atoms with Crippen LogP contribution in [-0.2, 0) is 11.3 Å². The zero-order chi connectivity index (χ0) is 11.9. The molecule has 0 radical (unpaired) electrons. The Morgan fingerprint density at radius 2 is 2.31 bits per heavy atom. The van der Waals surface area contributed by atoms with Crippen molar-refractivity contribution in [1.82, 2.24) is 9.78 Å². The van der Waals surface area contributed by atoms with Crippen LogP contribution in [0.15, 0.2) is 12.4 Å². The van der Waals surface area contributed by atoms with Gasteiger partial charge in [0, 0.05) is 6.20 Å². The van der Waals surface area contributed by atoms with Gasteiger partial charge in [-0.1, -0.05) is 0 Å². The molecule has 7 heteroatoms. The molecule has 1 amide bonds. The van der Waals surface area contributed by atoms with Crippen molar-refractivity contribution in [2.75, 3.05) is 4.90 Å². The van der Waals surface area contributed by atoms with Crippen molar-refractivity contribution < 1.29 is 13.6 Å². The Morgan fingerprint density at radius 1 is 1.62 bits per heavy atom. The predicted octanol–water partition coefficient (Wildman–Crippen LogP) is 0.211. The van der Waals surface area contributed by atoms with Crippen molar-refractivity contribution in [1.29, 1.82) is 0 Å². The SMILES string of the molecule is CC1C(N)C(=O)N1c1cnn(CC(F)F)c1. The molecule has 1 fully saturated rings. The summed E-state index contributed by atoms with van der Waals surface area (Å²) in [5.41, 5.74) is 6.06. The topological polar surface area (TPSA) is 64.2 Å². The van der Waals surface area contributed by atoms with Gasteiger partial charge in [-0.15, -0.1) is 0 Å². The fraction of sp³-hybridized carbons (Fsp3) is 0.556. The van der Waals surface area contributed by atoms with E-state index < -0.39 is 19.0 Å². The van der Waals surface area contributed by atoms with E-state index in [4.69, 9.17) is 5.73 Å². The Kier molecular flexibility index (Phi) is 2.63. The zero-order valence-corrected chi connectivity index (χ0v) is 8.68. The first-order valence-corrected chi connectivity index (χ1v) is 4.90. The van der Waals surface area contributed by atoms with E-state index in [0.29, 0.717) is 5.69 Å². The van der Waals surface area contributed by atoms with Crippen molar-refractivity contribution in [3.05, 3.63) is 12.4 Å². The number of halogens is 2. The number of aromatic nitrogens is 2. The molecular formula is C9H12F2N4O. The molecule has 0 aliphatic carbocycles. The molecule has 5 nitrogen and oxygen atoms in total. The summed E-state index contributed by atoms with van der Waals surface area (Å²) in [6.45, 7) is 1.33. The maximum Gasteiger partial charge on any atom is 0.257 e. The molecule has 2 atom stereocenters. The lowest BCUT2D eigenvalue weighted by Gasteiger charge is -2.42. The van der Waals surface area contributed by atoms with Gasteiger partial charge in [0.2, 0.25) is 5.91 Å². The van der Waals surface area contributed by atoms with E-state index in [2.05, 4.69) is 5.10 Å². The summed E-state index contributed by atoms with van der Waals surface area (Å²) >= 11 is 0. The van der Waals surface area contributed by atoms with Gasteiger partial charge >= 0.3 is 0 Å². The van der Waals surface area contributed by atoms with Crippen LogP contribution in [0.3, 0.4) is 0 Å². The number of nitrogens with zero attached hydrogens (tertiary/aromatic N) is 3. The van der Waals surface area contributed by atoms with Gasteiger partial charge in [-0.25, -0.2) is 8.78 Å². The highest BCUT2D eigenvalue weighted by Crippen LogP contribution is 2.26. The summed E-state index contributed by atoms with van der Waals surface area (Å²) in [7, 11) is 0. The molecular weight excluding hydrogens is 218 g/mol. The van der Waals surface area contributed by atoms with Crippen LogP contribution >= 0.6 is 0 Å². The average molecular weight is 230 g/mol. The standard InChI is InChI=1S/C9H12F2N4O/c1-5-8(12)9(16)15(5)6-2-13-14(3-6)4-7(10)11/h2-3,5,7-8H,4,12H2,1H3. The summed E-state index contributed by atoms with van der Waals surface area (Å²) in [4.78, 5) is 12.9. The normalized spacial score (nSPS) is 25.1. The number of nitrogens with two attached hydrogens (primary N) is 1. The van der Waals surface area contributed by atoms with E-state index in [1.807, 2.05) is 0 Å². The maximum absolute atomic E-state index is 12.1. The zero-order valence-electron chi connectivity index (χ0n) is 8.68. The first kappa shape index (κ1) is 11.0. The minimum absolute atomic E-state index is 0.114. The second kappa shape index (κ2) is 3.82. The van der Waals surface area contributed by atoms with Crippen molar-refractivity contribution in [2.24, 2.45) is 5.73 Å². The van der Waals surface area contributed by atoms with Crippen LogP contribution in [0.2, 0.25) is 0 Å². The molecule has 2 rings (SSSR count). The summed E-state index contributed by atoms with van der Waals surface area (Å²) in [5, 5.41) is 3.76. The number of β-lactam (4-membered cyclic amide) rings is 1. The summed E-state index contributed by atoms with van der Waals surface area (Å²) in [6.07, 6.45) is 0.356. The van der Waals surface area contributed by atoms with Crippen molar-refractivity contribution >= 4 is 11.6 Å². The van der Waals surface area contributed by atoms with Gasteiger partial charge in [-0.05, 0) is 6.92 Å². The van der Waals surface area contributed by atoms with E-state index in [-0.39, 0.29) is 11.9 Å². The minimum Gasteiger partial charge on any atom is -0.318 e. The molecule has 16 heavy (non-hydrogen) atoms. The number of anilines is 1. The van der Waals surface area contributed by atoms with Gasteiger partial charge in [0.05, 0.1) is 17.9 Å². The predicted molar refractivity (Wildman–Crippen MR) is 53.2 cm³/mol. The number of carbonyl (C=O) groups excluding carboxylic acids is 1. The molecule has 1 aliphatic rings. The number of alkyl halides is 2. The fourth-order valence-corrected chi connectivity index (χ4v) is 1.73. The molecule has 1 aromatic heterocycles. The first-order chi connectivity index (χ1) is 7.50. The highest BCUT2D eigenvalue weighted by Gasteiger charge is 2.43. The smallest absolute Gasteiger partial charge is 0.257 e. The lowest BCUT2D eigenvalue weighted by Crippen LogP contribution is -2.67. The van der Waals surface area contributed by atoms with Crippen LogP contribution in [-0.4, -0.2) is 34.2 Å². The third-order valence-corrected chi connectivity index (χ3v) is 2.67. The second-order valence-corrected chi connectivity index (χ2v) is 3.79. The third-order valence-electron chi connectivity index (χ3n) is 2.67. The Balaban J connectivity index is 2.11. The highest BCUT2D eigenvalue weighted by atomic mass is 19.3. The van der Waals surface area contributed by atoms with Crippen molar-refractivity contribution in [2.45, 2.75) is 32.0 Å². The van der Waals surface area contributed by atoms with Crippen LogP contribution in [0.5, 0.6) is 0 Å². The third kappa shape index (κ3) is 1.67. The van der Waals surface area contributed by atoms with E-state index in [1.54, 1.807) is 6.92 Å². The highest BCUT2D eigenvalue weighted by molar-refractivity contribution is 6.05. The largest absolute Gasteiger partial charge is 0.318 e. The van der Waals surface area contributed by atoms with E-state index >= 15 is 0 Å². The summed E-state index contributed by atoms with van der Waals surface area (Å²) in [6, 6.07) is -0.616. The Labute approximate surface area is 90.8 Å². The molecule has 2 heterocycles. The van der Waals surface area contributed by atoms with Gasteiger partial charge in [0.15, 0.2) is 0 Å². The number of rotatable bonds is 3. The van der Waals surface area contributed by atoms with Crippen molar-refractivity contribution in [3.8, 4) is 0 Å². The Hall–Kier alpha value is -1.50. The quantitative estimate of drug-likeness (QED) is 0.755. The molecule has 0 saturated carbocycles. The van der Waals surface area contributed by atoms with Gasteiger partial charge < -0.3 is 10.6 Å². The molecule has 0 aromatic carbocycles. The molecule has 2 unspecified atom stereocenters. The number of amides is 1. The number of hydrogen-bond acceptors (Lipinski definition) is 3. The van der Waals surface area contributed by atoms with E-state index in [9.17, 15) is 13.6 Å². The van der Waals surface area contributed by atoms with E-state index in [0.717, 1.165) is 4.68 Å². The van der Waals surface area contributed by atoms with Crippen LogP contribution < -0.4 is 10.6 Å². The van der Waals surface area contributed by atoms with Crippen LogP contribution in [0.1, 0.15) is 6.92 Å². The monoisotopic (exact) mass is 230 g/mol. The molecule has 2 N–H and O–H groups in total. The van der Waals surface area contributed by atoms with Gasteiger partial charge in [0.25, 0.3) is 6.43 Å². The molecule has 1 saturated heterocycles. The minimum atomic E-state index is -2.46. The first-order valence-electron chi connectivity index (χ1n) is 4.90. The average Bonchev–Trinajstić information content (AvgIpc) is 2.65. The van der Waals surface area contributed by atoms with Crippen LogP contribution in [0, 0.1) is 0 Å². The van der Waals surface area contributed by atoms with E-state index in [1.165, 1.54) is 17.3 Å².